The second kappa shape index (κ2) is 13.7. The van der Waals surface area contributed by atoms with Crippen molar-refractivity contribution in [2.75, 3.05) is 13.7 Å². The van der Waals surface area contributed by atoms with Gasteiger partial charge in [-0.2, -0.15) is 0 Å². The summed E-state index contributed by atoms with van der Waals surface area (Å²) >= 11 is 0. The summed E-state index contributed by atoms with van der Waals surface area (Å²) in [5.74, 6) is -1.94. The number of methoxy groups -OCH3 is 1. The second-order valence-corrected chi connectivity index (χ2v) is 12.8. The third-order valence-electron chi connectivity index (χ3n) is 9.11. The van der Waals surface area contributed by atoms with Crippen molar-refractivity contribution in [1.29, 1.82) is 0 Å². The molecule has 1 fully saturated rings. The summed E-state index contributed by atoms with van der Waals surface area (Å²) < 4.78 is 29.7. The number of nitrogens with two attached hydrogens (primary N) is 1. The third kappa shape index (κ3) is 6.72. The first kappa shape index (κ1) is 35.0. The highest BCUT2D eigenvalue weighted by Crippen LogP contribution is 2.48. The van der Waals surface area contributed by atoms with Gasteiger partial charge in [0.25, 0.3) is 0 Å². The average molecular weight is 658 g/mol. The lowest BCUT2D eigenvalue weighted by Gasteiger charge is -2.43. The number of benzene rings is 2. The number of aliphatic hydroxyl groups excluding tert-OH is 2. The lowest BCUT2D eigenvalue weighted by Crippen LogP contribution is -2.55. The fourth-order valence-corrected chi connectivity index (χ4v) is 6.69. The molecule has 47 heavy (non-hydrogen) atoms. The second-order valence-electron chi connectivity index (χ2n) is 12.8. The predicted molar refractivity (Wildman–Crippen MR) is 165 cm³/mol. The molecule has 0 amide bonds. The molecule has 2 aromatic rings. The first-order valence-corrected chi connectivity index (χ1v) is 15.7. The molecule has 3 aliphatic rings. The zero-order valence-corrected chi connectivity index (χ0v) is 27.1. The van der Waals surface area contributed by atoms with Crippen molar-refractivity contribution >= 4 is 17.3 Å². The van der Waals surface area contributed by atoms with E-state index in [0.29, 0.717) is 0 Å². The van der Waals surface area contributed by atoms with Gasteiger partial charge >= 0.3 is 0 Å². The summed E-state index contributed by atoms with van der Waals surface area (Å²) in [5, 5.41) is 42.5. The normalized spacial score (nSPS) is 28.9. The van der Waals surface area contributed by atoms with Gasteiger partial charge in [0.05, 0.1) is 49.3 Å². The lowest BCUT2D eigenvalue weighted by molar-refractivity contribution is -0.285. The van der Waals surface area contributed by atoms with Gasteiger partial charge in [0.2, 0.25) is 5.78 Å². The van der Waals surface area contributed by atoms with Gasteiger partial charge in [-0.05, 0) is 45.4 Å². The summed E-state index contributed by atoms with van der Waals surface area (Å²) in [6.07, 6.45) is -5.85. The number of hydrogen-bond acceptors (Lipinski definition) is 13. The van der Waals surface area contributed by atoms with Crippen LogP contribution in [0.25, 0.3) is 0 Å². The van der Waals surface area contributed by atoms with Crippen molar-refractivity contribution in [3.05, 3.63) is 57.6 Å². The Balaban J connectivity index is 1.45. The van der Waals surface area contributed by atoms with E-state index in [-0.39, 0.29) is 71.4 Å². The van der Waals surface area contributed by atoms with E-state index < -0.39 is 77.8 Å². The molecule has 2 aliphatic carbocycles. The van der Waals surface area contributed by atoms with E-state index in [1.54, 1.807) is 32.9 Å². The molecule has 0 saturated carbocycles. The molecule has 5 rings (SSSR count). The molecule has 13 nitrogen and oxygen atoms in total. The maximum atomic E-state index is 13.8. The fourth-order valence-electron chi connectivity index (χ4n) is 6.69. The standard InChI is InChI=1S/C34H43NO12/c1-15(37)9-25(44-16(2)14-36)47-33-17(3)45-26(11-22(33)35)46-24-13-34(42,18(4)38)12-19-10-21-29(31(40)27(19)24)32(41)28-20(30(21)39)7-6-8-23(28)43-5/h6-8,10,15-17,22,24-26,33,36-37,40,42H,9,11-14,35H2,1-5H3/t15-,16-,17+,22+,24+,25+,26+,33-,34+/m1/s1. The number of aromatic hydroxyl groups is 1. The number of rotatable bonds is 11. The van der Waals surface area contributed by atoms with Crippen molar-refractivity contribution in [1.82, 2.24) is 0 Å². The molecule has 1 aliphatic heterocycles. The van der Waals surface area contributed by atoms with Crippen LogP contribution in [0.2, 0.25) is 0 Å². The fraction of sp³-hybridized carbons (Fsp3) is 0.559. The Kier molecular flexibility index (Phi) is 10.2. The molecule has 256 valence electrons. The van der Waals surface area contributed by atoms with Crippen LogP contribution in [0.15, 0.2) is 24.3 Å². The van der Waals surface area contributed by atoms with Crippen molar-refractivity contribution in [2.24, 2.45) is 5.73 Å². The summed E-state index contributed by atoms with van der Waals surface area (Å²) in [6.45, 7) is 5.97. The summed E-state index contributed by atoms with van der Waals surface area (Å²) in [4.78, 5) is 40.1. The highest BCUT2D eigenvalue weighted by Gasteiger charge is 2.48. The Bertz CT molecular complexity index is 1530. The number of Topliss-reactive ketones (excluding diaryl/α,β-unsaturated/α-hetero) is 1. The van der Waals surface area contributed by atoms with Crippen LogP contribution in [0.1, 0.15) is 96.0 Å². The van der Waals surface area contributed by atoms with Crippen LogP contribution >= 0.6 is 0 Å². The van der Waals surface area contributed by atoms with E-state index in [2.05, 4.69) is 0 Å². The van der Waals surface area contributed by atoms with Crippen LogP contribution < -0.4 is 10.5 Å². The predicted octanol–water partition coefficient (Wildman–Crippen LogP) is 1.84. The molecule has 0 aromatic heterocycles. The molecule has 0 bridgehead atoms. The van der Waals surface area contributed by atoms with Crippen molar-refractivity contribution in [3.8, 4) is 11.5 Å². The van der Waals surface area contributed by atoms with E-state index >= 15 is 0 Å². The minimum absolute atomic E-state index is 0.0315. The van der Waals surface area contributed by atoms with Crippen LogP contribution in [0.3, 0.4) is 0 Å². The van der Waals surface area contributed by atoms with E-state index in [4.69, 9.17) is 29.4 Å². The maximum Gasteiger partial charge on any atom is 0.201 e. The van der Waals surface area contributed by atoms with E-state index in [1.165, 1.54) is 26.2 Å². The van der Waals surface area contributed by atoms with Gasteiger partial charge in [-0.3, -0.25) is 14.4 Å². The molecule has 2 aromatic carbocycles. The maximum absolute atomic E-state index is 13.8. The Morgan fingerprint density at radius 1 is 1.17 bits per heavy atom. The minimum Gasteiger partial charge on any atom is -0.507 e. The molecule has 9 atom stereocenters. The third-order valence-corrected chi connectivity index (χ3v) is 9.11. The Morgan fingerprint density at radius 3 is 2.51 bits per heavy atom. The summed E-state index contributed by atoms with van der Waals surface area (Å²) in [7, 11) is 1.38. The quantitative estimate of drug-likeness (QED) is 0.187. The Hall–Kier alpha value is -3.27. The first-order chi connectivity index (χ1) is 22.2. The SMILES string of the molecule is COc1cccc2c1C(=O)c1c(cc3c(c1O)[C@@H](O[C@H]1C[C@H](N)[C@H](O[C@@H](C[C@@H](C)O)O[C@H](C)CO)[C@H](C)O1)C[C@](O)(C(C)=O)C3)C2=O. The number of aliphatic hydroxyl groups is 3. The monoisotopic (exact) mass is 657 g/mol. The van der Waals surface area contributed by atoms with Crippen LogP contribution in [-0.4, -0.2) is 100 Å². The first-order valence-electron chi connectivity index (χ1n) is 15.7. The molecular formula is C34H43NO12. The largest absolute Gasteiger partial charge is 0.507 e. The van der Waals surface area contributed by atoms with Crippen LogP contribution in [0.5, 0.6) is 11.5 Å². The van der Waals surface area contributed by atoms with Gasteiger partial charge < -0.3 is 49.8 Å². The molecule has 0 spiro atoms. The number of hydrogen-bond donors (Lipinski definition) is 5. The average Bonchev–Trinajstić information content (AvgIpc) is 3.00. The van der Waals surface area contributed by atoms with Gasteiger partial charge in [-0.1, -0.05) is 12.1 Å². The summed E-state index contributed by atoms with van der Waals surface area (Å²) in [5.41, 5.74) is 4.99. The molecule has 1 saturated heterocycles. The van der Waals surface area contributed by atoms with Crippen LogP contribution in [0, 0.1) is 0 Å². The Labute approximate surface area is 272 Å². The number of phenolic OH excluding ortho intramolecular Hbond substituents is 1. The number of phenols is 1. The van der Waals surface area contributed by atoms with Crippen molar-refractivity contribution in [2.45, 2.75) is 108 Å². The Morgan fingerprint density at radius 2 is 1.89 bits per heavy atom. The van der Waals surface area contributed by atoms with Crippen LogP contribution in [0.4, 0.5) is 0 Å². The van der Waals surface area contributed by atoms with Gasteiger partial charge in [-0.15, -0.1) is 0 Å². The topological polar surface area (TPSA) is 204 Å². The van der Waals surface area contributed by atoms with Gasteiger partial charge in [0.15, 0.2) is 24.1 Å². The van der Waals surface area contributed by atoms with E-state index in [0.717, 1.165) is 0 Å². The molecule has 0 unspecified atom stereocenters. The molecule has 0 radical (unpaired) electrons. The molecular weight excluding hydrogens is 614 g/mol. The molecule has 13 heteroatoms. The smallest absolute Gasteiger partial charge is 0.201 e. The molecule has 6 N–H and O–H groups in total. The minimum atomic E-state index is -1.88. The number of carbonyl (C=O) groups is 3. The highest BCUT2D eigenvalue weighted by atomic mass is 16.7. The zero-order chi connectivity index (χ0) is 34.4. The number of fused-ring (bicyclic) bond motifs is 3. The molecule has 1 heterocycles. The van der Waals surface area contributed by atoms with Gasteiger partial charge in [-0.25, -0.2) is 0 Å². The van der Waals surface area contributed by atoms with Gasteiger partial charge in [0.1, 0.15) is 23.2 Å². The highest BCUT2D eigenvalue weighted by molar-refractivity contribution is 6.30. The van der Waals surface area contributed by atoms with Crippen molar-refractivity contribution < 1.29 is 58.5 Å². The van der Waals surface area contributed by atoms with Crippen molar-refractivity contribution in [3.63, 3.8) is 0 Å². The zero-order valence-electron chi connectivity index (χ0n) is 27.1. The lowest BCUT2D eigenvalue weighted by atomic mass is 9.72. The van der Waals surface area contributed by atoms with E-state index in [9.17, 15) is 34.8 Å². The van der Waals surface area contributed by atoms with Gasteiger partial charge in [0, 0.05) is 48.4 Å². The van der Waals surface area contributed by atoms with Crippen LogP contribution in [-0.2, 0) is 30.2 Å². The van der Waals surface area contributed by atoms with E-state index in [1.807, 2.05) is 0 Å². The number of ketones is 3. The number of carbonyl (C=O) groups excluding carboxylic acids is 3. The number of ether oxygens (including phenoxy) is 5. The summed E-state index contributed by atoms with van der Waals surface area (Å²) in [6, 6.07) is 5.43.